The summed E-state index contributed by atoms with van der Waals surface area (Å²) in [7, 11) is 0. The van der Waals surface area contributed by atoms with E-state index in [4.69, 9.17) is 23.8 Å². The van der Waals surface area contributed by atoms with Crippen LogP contribution < -0.4 is 10.2 Å². The van der Waals surface area contributed by atoms with Crippen LogP contribution in [0, 0.1) is 0 Å². The summed E-state index contributed by atoms with van der Waals surface area (Å²) in [5, 5.41) is 4.92. The first kappa shape index (κ1) is 14.9. The molecule has 21 heavy (non-hydrogen) atoms. The molecule has 1 aromatic carbocycles. The van der Waals surface area contributed by atoms with Gasteiger partial charge in [0, 0.05) is 63.1 Å². The molecule has 0 unspecified atom stereocenters. The number of rotatable bonds is 4. The molecule has 0 atom stereocenters. The van der Waals surface area contributed by atoms with E-state index >= 15 is 0 Å². The number of benzene rings is 1. The second-order valence-electron chi connectivity index (χ2n) is 5.52. The highest BCUT2D eigenvalue weighted by Gasteiger charge is 2.20. The lowest BCUT2D eigenvalue weighted by molar-refractivity contribution is 0.239. The summed E-state index contributed by atoms with van der Waals surface area (Å²) < 4.78 is 0. The van der Waals surface area contributed by atoms with Crippen molar-refractivity contribution in [2.75, 3.05) is 57.3 Å². The van der Waals surface area contributed by atoms with Gasteiger partial charge in [0.25, 0.3) is 0 Å². The highest BCUT2D eigenvalue weighted by Crippen LogP contribution is 2.19. The van der Waals surface area contributed by atoms with Crippen molar-refractivity contribution >= 4 is 34.6 Å². The summed E-state index contributed by atoms with van der Waals surface area (Å²) in [5.41, 5.74) is 1.27. The number of piperazine rings is 1. The SMILES string of the molecule is S=C1NCCN1CCN1CCN(c2ccc(Cl)cc2)CC1. The van der Waals surface area contributed by atoms with Gasteiger partial charge in [0.2, 0.25) is 0 Å². The number of nitrogens with one attached hydrogen (secondary N) is 1. The lowest BCUT2D eigenvalue weighted by Crippen LogP contribution is -2.48. The van der Waals surface area contributed by atoms with Crippen LogP contribution in [0.25, 0.3) is 0 Å². The van der Waals surface area contributed by atoms with E-state index in [9.17, 15) is 0 Å². The van der Waals surface area contributed by atoms with Crippen LogP contribution >= 0.6 is 23.8 Å². The van der Waals surface area contributed by atoms with Crippen molar-refractivity contribution in [3.63, 3.8) is 0 Å². The molecule has 0 aliphatic carbocycles. The molecule has 2 saturated heterocycles. The average molecular weight is 325 g/mol. The molecule has 3 rings (SSSR count). The maximum atomic E-state index is 5.94. The molecular formula is C15H21ClN4S. The predicted molar refractivity (Wildman–Crippen MR) is 92.3 cm³/mol. The third-order valence-electron chi connectivity index (χ3n) is 4.20. The first-order chi connectivity index (χ1) is 10.2. The van der Waals surface area contributed by atoms with E-state index in [1.807, 2.05) is 12.1 Å². The highest BCUT2D eigenvalue weighted by molar-refractivity contribution is 7.80. The monoisotopic (exact) mass is 324 g/mol. The molecule has 0 aromatic heterocycles. The molecule has 4 nitrogen and oxygen atoms in total. The lowest BCUT2D eigenvalue weighted by Gasteiger charge is -2.36. The summed E-state index contributed by atoms with van der Waals surface area (Å²) in [6.07, 6.45) is 0. The van der Waals surface area contributed by atoms with E-state index in [2.05, 4.69) is 32.1 Å². The fourth-order valence-corrected chi connectivity index (χ4v) is 3.28. The number of halogens is 1. The zero-order valence-electron chi connectivity index (χ0n) is 12.1. The third-order valence-corrected chi connectivity index (χ3v) is 4.85. The Bertz CT molecular complexity index is 485. The first-order valence-electron chi connectivity index (χ1n) is 7.48. The van der Waals surface area contributed by atoms with Crippen molar-refractivity contribution in [3.8, 4) is 0 Å². The van der Waals surface area contributed by atoms with Crippen LogP contribution in [0.15, 0.2) is 24.3 Å². The summed E-state index contributed by atoms with van der Waals surface area (Å²) in [6.45, 7) is 8.53. The van der Waals surface area contributed by atoms with Crippen molar-refractivity contribution in [2.45, 2.75) is 0 Å². The molecule has 2 aliphatic heterocycles. The Balaban J connectivity index is 1.44. The molecule has 114 valence electrons. The van der Waals surface area contributed by atoms with Crippen LogP contribution in [0.1, 0.15) is 0 Å². The van der Waals surface area contributed by atoms with Gasteiger partial charge in [0.05, 0.1) is 0 Å². The predicted octanol–water partition coefficient (Wildman–Crippen LogP) is 1.65. The molecule has 6 heteroatoms. The molecule has 0 saturated carbocycles. The zero-order valence-corrected chi connectivity index (χ0v) is 13.7. The fraction of sp³-hybridized carbons (Fsp3) is 0.533. The summed E-state index contributed by atoms with van der Waals surface area (Å²) in [5.74, 6) is 0. The Morgan fingerprint density at radius 2 is 1.71 bits per heavy atom. The maximum Gasteiger partial charge on any atom is 0.169 e. The van der Waals surface area contributed by atoms with E-state index in [0.717, 1.165) is 62.5 Å². The summed E-state index contributed by atoms with van der Waals surface area (Å²) in [6, 6.07) is 8.13. The Kier molecular flexibility index (Phi) is 4.83. The maximum absolute atomic E-state index is 5.94. The average Bonchev–Trinajstić information content (AvgIpc) is 2.92. The van der Waals surface area contributed by atoms with E-state index in [1.165, 1.54) is 5.69 Å². The minimum Gasteiger partial charge on any atom is -0.369 e. The van der Waals surface area contributed by atoms with Crippen molar-refractivity contribution in [1.29, 1.82) is 0 Å². The quantitative estimate of drug-likeness (QED) is 0.848. The molecule has 0 bridgehead atoms. The number of thiocarbonyl (C=S) groups is 1. The highest BCUT2D eigenvalue weighted by atomic mass is 35.5. The standard InChI is InChI=1S/C15H21ClN4S/c16-13-1-3-14(4-2-13)19-10-7-18(8-11-19)9-12-20-6-5-17-15(20)21/h1-4H,5-12H2,(H,17,21). The Hall–Kier alpha value is -1.04. The Morgan fingerprint density at radius 3 is 2.33 bits per heavy atom. The van der Waals surface area contributed by atoms with Gasteiger partial charge in [-0.05, 0) is 36.5 Å². The molecule has 1 N–H and O–H groups in total. The molecule has 0 amide bonds. The molecule has 0 spiro atoms. The first-order valence-corrected chi connectivity index (χ1v) is 8.27. The van der Waals surface area contributed by atoms with Crippen LogP contribution in [-0.4, -0.2) is 67.3 Å². The number of hydrogen-bond donors (Lipinski definition) is 1. The molecule has 1 aromatic rings. The van der Waals surface area contributed by atoms with Crippen LogP contribution in [0.5, 0.6) is 0 Å². The van der Waals surface area contributed by atoms with Crippen LogP contribution in [0.2, 0.25) is 5.02 Å². The Morgan fingerprint density at radius 1 is 1.00 bits per heavy atom. The Labute approximate surface area is 136 Å². The van der Waals surface area contributed by atoms with Crippen LogP contribution in [-0.2, 0) is 0 Å². The van der Waals surface area contributed by atoms with Gasteiger partial charge in [0.1, 0.15) is 0 Å². The molecule has 2 fully saturated rings. The number of hydrogen-bond acceptors (Lipinski definition) is 3. The van der Waals surface area contributed by atoms with Gasteiger partial charge < -0.3 is 15.1 Å². The van der Waals surface area contributed by atoms with Crippen molar-refractivity contribution < 1.29 is 0 Å². The topological polar surface area (TPSA) is 21.8 Å². The molecule has 0 radical (unpaired) electrons. The van der Waals surface area contributed by atoms with Crippen LogP contribution in [0.3, 0.4) is 0 Å². The minimum absolute atomic E-state index is 0.799. The van der Waals surface area contributed by atoms with Gasteiger partial charge in [-0.1, -0.05) is 11.6 Å². The molecule has 2 aliphatic rings. The van der Waals surface area contributed by atoms with Crippen molar-refractivity contribution in [3.05, 3.63) is 29.3 Å². The minimum atomic E-state index is 0.799. The third kappa shape index (κ3) is 3.78. The van der Waals surface area contributed by atoms with E-state index in [0.29, 0.717) is 0 Å². The number of nitrogens with zero attached hydrogens (tertiary/aromatic N) is 3. The summed E-state index contributed by atoms with van der Waals surface area (Å²) in [4.78, 5) is 7.21. The van der Waals surface area contributed by atoms with E-state index in [1.54, 1.807) is 0 Å². The van der Waals surface area contributed by atoms with Gasteiger partial charge in [-0.3, -0.25) is 4.90 Å². The van der Waals surface area contributed by atoms with E-state index < -0.39 is 0 Å². The zero-order chi connectivity index (χ0) is 14.7. The molecule has 2 heterocycles. The normalized spacial score (nSPS) is 20.0. The van der Waals surface area contributed by atoms with Gasteiger partial charge >= 0.3 is 0 Å². The largest absolute Gasteiger partial charge is 0.369 e. The van der Waals surface area contributed by atoms with Gasteiger partial charge in [-0.25, -0.2) is 0 Å². The van der Waals surface area contributed by atoms with Crippen molar-refractivity contribution in [1.82, 2.24) is 15.1 Å². The second-order valence-corrected chi connectivity index (χ2v) is 6.35. The van der Waals surface area contributed by atoms with Gasteiger partial charge in [-0.2, -0.15) is 0 Å². The van der Waals surface area contributed by atoms with E-state index in [-0.39, 0.29) is 0 Å². The van der Waals surface area contributed by atoms with Gasteiger partial charge in [0.15, 0.2) is 5.11 Å². The second kappa shape index (κ2) is 6.81. The van der Waals surface area contributed by atoms with Crippen molar-refractivity contribution in [2.24, 2.45) is 0 Å². The summed E-state index contributed by atoms with van der Waals surface area (Å²) >= 11 is 11.2. The smallest absolute Gasteiger partial charge is 0.169 e. The number of anilines is 1. The fourth-order valence-electron chi connectivity index (χ4n) is 2.87. The molecular weight excluding hydrogens is 304 g/mol. The van der Waals surface area contributed by atoms with Crippen LogP contribution in [0.4, 0.5) is 5.69 Å². The lowest BCUT2D eigenvalue weighted by atomic mass is 10.2. The van der Waals surface area contributed by atoms with Gasteiger partial charge in [-0.15, -0.1) is 0 Å².